The van der Waals surface area contributed by atoms with Crippen molar-refractivity contribution >= 4 is 5.69 Å². The summed E-state index contributed by atoms with van der Waals surface area (Å²) < 4.78 is 5.66. The van der Waals surface area contributed by atoms with Crippen LogP contribution in [0.25, 0.3) is 11.1 Å². The second-order valence-corrected chi connectivity index (χ2v) is 9.93. The van der Waals surface area contributed by atoms with Gasteiger partial charge in [-0.2, -0.15) is 0 Å². The Hall–Kier alpha value is -3.52. The van der Waals surface area contributed by atoms with Crippen LogP contribution in [-0.2, 0) is 0 Å². The normalized spacial score (nSPS) is 12.1. The van der Waals surface area contributed by atoms with Gasteiger partial charge in [0.15, 0.2) is 0 Å². The number of rotatable bonds is 8. The van der Waals surface area contributed by atoms with Crippen LogP contribution in [0.2, 0.25) is 0 Å². The molecule has 0 bridgehead atoms. The van der Waals surface area contributed by atoms with Crippen molar-refractivity contribution in [1.82, 2.24) is 0 Å². The quantitative estimate of drug-likeness (QED) is 0.281. The minimum atomic E-state index is 0.0163. The SMILES string of the molecule is COc1ccccc1-c1cccc(C(Nc2c(C(C)C)cccc2C(C)C)c2ccc(C)cc2)c1. The molecule has 0 spiro atoms. The predicted molar refractivity (Wildman–Crippen MR) is 150 cm³/mol. The van der Waals surface area contributed by atoms with Crippen LogP contribution >= 0.6 is 0 Å². The van der Waals surface area contributed by atoms with Crippen LogP contribution in [0.3, 0.4) is 0 Å². The first kappa shape index (κ1) is 24.6. The summed E-state index contributed by atoms with van der Waals surface area (Å²) in [5.41, 5.74) is 9.96. The van der Waals surface area contributed by atoms with E-state index in [0.717, 1.165) is 16.9 Å². The third-order valence-corrected chi connectivity index (χ3v) is 6.71. The average Bonchev–Trinajstić information content (AvgIpc) is 2.87. The molecule has 180 valence electrons. The number of para-hydroxylation sites is 2. The Morgan fingerprint density at radius 2 is 1.29 bits per heavy atom. The van der Waals surface area contributed by atoms with Crippen LogP contribution in [0.15, 0.2) is 91.0 Å². The van der Waals surface area contributed by atoms with Crippen LogP contribution < -0.4 is 10.1 Å². The van der Waals surface area contributed by atoms with Gasteiger partial charge in [-0.15, -0.1) is 0 Å². The average molecular weight is 464 g/mol. The van der Waals surface area contributed by atoms with Crippen molar-refractivity contribution in [3.05, 3.63) is 119 Å². The van der Waals surface area contributed by atoms with Gasteiger partial charge in [-0.3, -0.25) is 0 Å². The number of benzene rings is 4. The monoisotopic (exact) mass is 463 g/mol. The molecule has 0 saturated heterocycles. The van der Waals surface area contributed by atoms with Crippen LogP contribution in [0.1, 0.15) is 73.4 Å². The minimum Gasteiger partial charge on any atom is -0.496 e. The molecule has 0 aliphatic heterocycles. The summed E-state index contributed by atoms with van der Waals surface area (Å²) >= 11 is 0. The molecule has 0 aliphatic carbocycles. The second kappa shape index (κ2) is 10.8. The number of nitrogens with one attached hydrogen (secondary N) is 1. The molecule has 2 heteroatoms. The fourth-order valence-corrected chi connectivity index (χ4v) is 4.75. The van der Waals surface area contributed by atoms with E-state index in [-0.39, 0.29) is 6.04 Å². The summed E-state index contributed by atoms with van der Waals surface area (Å²) in [5.74, 6) is 1.74. The summed E-state index contributed by atoms with van der Waals surface area (Å²) in [5, 5.41) is 4.01. The Morgan fingerprint density at radius 3 is 1.91 bits per heavy atom. The van der Waals surface area contributed by atoms with Gasteiger partial charge in [0.25, 0.3) is 0 Å². The van der Waals surface area contributed by atoms with Gasteiger partial charge in [-0.25, -0.2) is 0 Å². The van der Waals surface area contributed by atoms with Crippen molar-refractivity contribution in [3.8, 4) is 16.9 Å². The number of methoxy groups -OCH3 is 1. The van der Waals surface area contributed by atoms with Crippen molar-refractivity contribution < 1.29 is 4.74 Å². The zero-order valence-electron chi connectivity index (χ0n) is 21.8. The van der Waals surface area contributed by atoms with Crippen LogP contribution in [0, 0.1) is 6.92 Å². The van der Waals surface area contributed by atoms with Crippen LogP contribution in [0.5, 0.6) is 5.75 Å². The number of aryl methyl sites for hydroxylation is 1. The highest BCUT2D eigenvalue weighted by Crippen LogP contribution is 2.38. The summed E-state index contributed by atoms with van der Waals surface area (Å²) in [6.07, 6.45) is 0. The van der Waals surface area contributed by atoms with Crippen LogP contribution in [-0.4, -0.2) is 7.11 Å². The van der Waals surface area contributed by atoms with E-state index in [1.165, 1.54) is 33.5 Å². The van der Waals surface area contributed by atoms with E-state index in [9.17, 15) is 0 Å². The Bertz CT molecular complexity index is 1240. The molecule has 0 aromatic heterocycles. The Morgan fingerprint density at radius 1 is 0.657 bits per heavy atom. The van der Waals surface area contributed by atoms with Gasteiger partial charge >= 0.3 is 0 Å². The highest BCUT2D eigenvalue weighted by Gasteiger charge is 2.21. The van der Waals surface area contributed by atoms with Crippen molar-refractivity contribution in [1.29, 1.82) is 0 Å². The molecule has 0 fully saturated rings. The van der Waals surface area contributed by atoms with E-state index in [1.807, 2.05) is 12.1 Å². The summed E-state index contributed by atoms with van der Waals surface area (Å²) in [6, 6.07) is 32.7. The van der Waals surface area contributed by atoms with E-state index < -0.39 is 0 Å². The maximum atomic E-state index is 5.66. The summed E-state index contributed by atoms with van der Waals surface area (Å²) in [6.45, 7) is 11.2. The lowest BCUT2D eigenvalue weighted by Gasteiger charge is -2.27. The lowest BCUT2D eigenvalue weighted by atomic mass is 9.90. The maximum absolute atomic E-state index is 5.66. The van der Waals surface area contributed by atoms with E-state index >= 15 is 0 Å². The lowest BCUT2D eigenvalue weighted by molar-refractivity contribution is 0.416. The van der Waals surface area contributed by atoms with Crippen LogP contribution in [0.4, 0.5) is 5.69 Å². The Kier molecular flexibility index (Phi) is 7.60. The van der Waals surface area contributed by atoms with E-state index in [0.29, 0.717) is 11.8 Å². The molecule has 4 aromatic rings. The first-order chi connectivity index (χ1) is 16.9. The van der Waals surface area contributed by atoms with Gasteiger partial charge in [0.05, 0.1) is 13.2 Å². The van der Waals surface area contributed by atoms with Gasteiger partial charge < -0.3 is 10.1 Å². The molecule has 1 unspecified atom stereocenters. The minimum absolute atomic E-state index is 0.0163. The van der Waals surface area contributed by atoms with Crippen molar-refractivity contribution in [2.45, 2.75) is 52.5 Å². The standard InChI is InChI=1S/C33H37NO/c1-22(2)28-14-10-15-29(23(3)4)33(28)34-32(25-19-17-24(5)18-20-25)27-12-9-11-26(21-27)30-13-7-8-16-31(30)35-6/h7-23,32,34H,1-6H3. The van der Waals surface area contributed by atoms with Gasteiger partial charge in [-0.1, -0.05) is 112 Å². The number of hydrogen-bond donors (Lipinski definition) is 1. The molecule has 0 radical (unpaired) electrons. The fourth-order valence-electron chi connectivity index (χ4n) is 4.75. The van der Waals surface area contributed by atoms with Crippen molar-refractivity contribution in [2.24, 2.45) is 0 Å². The van der Waals surface area contributed by atoms with Gasteiger partial charge in [0.1, 0.15) is 5.75 Å². The zero-order valence-corrected chi connectivity index (χ0v) is 21.8. The molecular weight excluding hydrogens is 426 g/mol. The molecule has 1 atom stereocenters. The largest absolute Gasteiger partial charge is 0.496 e. The molecular formula is C33H37NO. The topological polar surface area (TPSA) is 21.3 Å². The van der Waals surface area contributed by atoms with E-state index in [2.05, 4.69) is 119 Å². The fraction of sp³-hybridized carbons (Fsp3) is 0.273. The van der Waals surface area contributed by atoms with Gasteiger partial charge in [0.2, 0.25) is 0 Å². The molecule has 0 amide bonds. The summed E-state index contributed by atoms with van der Waals surface area (Å²) in [7, 11) is 1.73. The highest BCUT2D eigenvalue weighted by atomic mass is 16.5. The second-order valence-electron chi connectivity index (χ2n) is 9.93. The molecule has 0 saturated carbocycles. The molecule has 4 aromatic carbocycles. The predicted octanol–water partition coefficient (Wildman–Crippen LogP) is 9.12. The third kappa shape index (κ3) is 5.43. The Labute approximate surface area is 211 Å². The number of ether oxygens (including phenoxy) is 1. The molecule has 0 heterocycles. The number of anilines is 1. The zero-order chi connectivity index (χ0) is 24.9. The Balaban J connectivity index is 1.86. The van der Waals surface area contributed by atoms with Gasteiger partial charge in [-0.05, 0) is 58.7 Å². The van der Waals surface area contributed by atoms with E-state index in [1.54, 1.807) is 7.11 Å². The van der Waals surface area contributed by atoms with E-state index in [4.69, 9.17) is 4.74 Å². The van der Waals surface area contributed by atoms with Gasteiger partial charge in [0, 0.05) is 11.3 Å². The summed E-state index contributed by atoms with van der Waals surface area (Å²) in [4.78, 5) is 0. The molecule has 1 N–H and O–H groups in total. The number of hydrogen-bond acceptors (Lipinski definition) is 2. The molecule has 2 nitrogen and oxygen atoms in total. The molecule has 4 rings (SSSR count). The lowest BCUT2D eigenvalue weighted by Crippen LogP contribution is -2.16. The first-order valence-electron chi connectivity index (χ1n) is 12.6. The van der Waals surface area contributed by atoms with Crippen molar-refractivity contribution in [3.63, 3.8) is 0 Å². The third-order valence-electron chi connectivity index (χ3n) is 6.71. The smallest absolute Gasteiger partial charge is 0.126 e. The maximum Gasteiger partial charge on any atom is 0.126 e. The first-order valence-corrected chi connectivity index (χ1v) is 12.6. The van der Waals surface area contributed by atoms with Crippen molar-refractivity contribution in [2.75, 3.05) is 12.4 Å². The molecule has 0 aliphatic rings. The highest BCUT2D eigenvalue weighted by molar-refractivity contribution is 5.72. The molecule has 35 heavy (non-hydrogen) atoms.